The molecule has 72 valence electrons. The summed E-state index contributed by atoms with van der Waals surface area (Å²) in [6.07, 6.45) is 0. The number of aromatic nitrogens is 2. The second kappa shape index (κ2) is 2.97. The van der Waals surface area contributed by atoms with E-state index in [1.807, 2.05) is 28.9 Å². The number of ether oxygens (including phenoxy) is 1. The molecule has 1 aromatic heterocycles. The summed E-state index contributed by atoms with van der Waals surface area (Å²) in [4.78, 5) is 0. The summed E-state index contributed by atoms with van der Waals surface area (Å²) in [7, 11) is 0. The fourth-order valence-electron chi connectivity index (χ4n) is 1.69. The molecule has 0 unspecified atom stereocenters. The molecule has 1 saturated heterocycles. The van der Waals surface area contributed by atoms with Gasteiger partial charge in [-0.2, -0.15) is 5.10 Å². The van der Waals surface area contributed by atoms with Crippen LogP contribution in [0.4, 0.5) is 0 Å². The molecular weight excluding hydrogens is 200 g/mol. The number of fused-ring (bicyclic) bond motifs is 1. The molecule has 0 spiro atoms. The first kappa shape index (κ1) is 8.26. The molecule has 0 bridgehead atoms. The monoisotopic (exact) mass is 208 g/mol. The van der Waals surface area contributed by atoms with Gasteiger partial charge in [0.05, 0.1) is 24.8 Å². The Hall–Kier alpha value is -1.06. The van der Waals surface area contributed by atoms with Crippen LogP contribution in [0, 0.1) is 0 Å². The molecule has 2 aromatic rings. The fraction of sp³-hybridized carbons (Fsp3) is 0.300. The van der Waals surface area contributed by atoms with Gasteiger partial charge in [0, 0.05) is 5.39 Å². The highest BCUT2D eigenvalue weighted by molar-refractivity contribution is 6.34. The summed E-state index contributed by atoms with van der Waals surface area (Å²) in [6.45, 7) is 1.48. The molecule has 0 atom stereocenters. The van der Waals surface area contributed by atoms with Crippen LogP contribution < -0.4 is 0 Å². The molecule has 0 radical (unpaired) electrons. The first-order valence-corrected chi connectivity index (χ1v) is 4.94. The Morgan fingerprint density at radius 1 is 1.36 bits per heavy atom. The van der Waals surface area contributed by atoms with Gasteiger partial charge in [-0.05, 0) is 12.1 Å². The van der Waals surface area contributed by atoms with Crippen LogP contribution in [0.1, 0.15) is 6.04 Å². The van der Waals surface area contributed by atoms with Gasteiger partial charge in [-0.15, -0.1) is 0 Å². The number of hydrogen-bond acceptors (Lipinski definition) is 2. The van der Waals surface area contributed by atoms with Gasteiger partial charge in [-0.3, -0.25) is 4.68 Å². The lowest BCUT2D eigenvalue weighted by Crippen LogP contribution is -2.31. The lowest BCUT2D eigenvalue weighted by molar-refractivity contribution is -0.0266. The van der Waals surface area contributed by atoms with Crippen molar-refractivity contribution in [1.82, 2.24) is 9.78 Å². The number of nitrogens with zero attached hydrogens (tertiary/aromatic N) is 2. The van der Waals surface area contributed by atoms with Crippen molar-refractivity contribution in [2.75, 3.05) is 13.2 Å². The topological polar surface area (TPSA) is 27.1 Å². The van der Waals surface area contributed by atoms with Gasteiger partial charge >= 0.3 is 0 Å². The Morgan fingerprint density at radius 2 is 2.14 bits per heavy atom. The lowest BCUT2D eigenvalue weighted by Gasteiger charge is -2.26. The molecule has 1 fully saturated rings. The van der Waals surface area contributed by atoms with E-state index in [2.05, 4.69) is 5.10 Å². The van der Waals surface area contributed by atoms with Crippen LogP contribution in [0.15, 0.2) is 24.3 Å². The van der Waals surface area contributed by atoms with Crippen LogP contribution >= 0.6 is 11.6 Å². The van der Waals surface area contributed by atoms with E-state index in [0.29, 0.717) is 11.2 Å². The van der Waals surface area contributed by atoms with Gasteiger partial charge in [0.2, 0.25) is 0 Å². The second-order valence-corrected chi connectivity index (χ2v) is 3.80. The third-order valence-electron chi connectivity index (χ3n) is 2.54. The molecule has 1 aliphatic heterocycles. The zero-order valence-electron chi connectivity index (χ0n) is 7.48. The van der Waals surface area contributed by atoms with Crippen LogP contribution in [0.3, 0.4) is 0 Å². The molecule has 1 aromatic carbocycles. The summed E-state index contributed by atoms with van der Waals surface area (Å²) in [6, 6.07) is 8.34. The standard InChI is InChI=1S/C10H9ClN2O/c11-10-8-3-1-2-4-9(8)13(12-10)7-5-14-6-7/h1-4,7H,5-6H2. The number of hydrogen-bond donors (Lipinski definition) is 0. The van der Waals surface area contributed by atoms with Crippen molar-refractivity contribution < 1.29 is 4.74 Å². The molecule has 0 N–H and O–H groups in total. The number of halogens is 1. The highest BCUT2D eigenvalue weighted by Crippen LogP contribution is 2.27. The number of benzene rings is 1. The van der Waals surface area contributed by atoms with Gasteiger partial charge in [0.15, 0.2) is 5.15 Å². The predicted octanol–water partition coefficient (Wildman–Crippen LogP) is 2.26. The molecule has 1 aliphatic rings. The summed E-state index contributed by atoms with van der Waals surface area (Å²) in [5, 5.41) is 5.91. The van der Waals surface area contributed by atoms with Gasteiger partial charge in [-0.1, -0.05) is 23.7 Å². The first-order valence-electron chi connectivity index (χ1n) is 4.57. The van der Waals surface area contributed by atoms with Crippen LogP contribution in [0.2, 0.25) is 5.15 Å². The average molecular weight is 209 g/mol. The van der Waals surface area contributed by atoms with E-state index < -0.39 is 0 Å². The van der Waals surface area contributed by atoms with Crippen molar-refractivity contribution in [1.29, 1.82) is 0 Å². The predicted molar refractivity (Wildman–Crippen MR) is 54.6 cm³/mol. The molecule has 0 saturated carbocycles. The molecule has 3 nitrogen and oxygen atoms in total. The Balaban J connectivity index is 2.23. The van der Waals surface area contributed by atoms with E-state index >= 15 is 0 Å². The minimum atomic E-state index is 0.354. The van der Waals surface area contributed by atoms with Gasteiger partial charge in [-0.25, -0.2) is 0 Å². The van der Waals surface area contributed by atoms with E-state index in [1.165, 1.54) is 0 Å². The van der Waals surface area contributed by atoms with Crippen LogP contribution in [0.5, 0.6) is 0 Å². The molecule has 2 heterocycles. The Morgan fingerprint density at radius 3 is 2.86 bits per heavy atom. The molecule has 4 heteroatoms. The van der Waals surface area contributed by atoms with Crippen molar-refractivity contribution in [3.63, 3.8) is 0 Å². The van der Waals surface area contributed by atoms with E-state index in [0.717, 1.165) is 24.1 Å². The van der Waals surface area contributed by atoms with Crippen molar-refractivity contribution >= 4 is 22.5 Å². The minimum absolute atomic E-state index is 0.354. The smallest absolute Gasteiger partial charge is 0.158 e. The maximum Gasteiger partial charge on any atom is 0.158 e. The van der Waals surface area contributed by atoms with Crippen molar-refractivity contribution in [2.24, 2.45) is 0 Å². The molecule has 0 amide bonds. The second-order valence-electron chi connectivity index (χ2n) is 3.44. The summed E-state index contributed by atoms with van der Waals surface area (Å²) >= 11 is 6.03. The maximum atomic E-state index is 6.03. The molecular formula is C10H9ClN2O. The maximum absolute atomic E-state index is 6.03. The van der Waals surface area contributed by atoms with E-state index in [4.69, 9.17) is 16.3 Å². The SMILES string of the molecule is Clc1nn(C2COC2)c2ccccc12. The first-order chi connectivity index (χ1) is 6.86. The Labute approximate surface area is 86.2 Å². The fourth-order valence-corrected chi connectivity index (χ4v) is 1.93. The minimum Gasteiger partial charge on any atom is -0.377 e. The van der Waals surface area contributed by atoms with E-state index in [-0.39, 0.29) is 0 Å². The third kappa shape index (κ3) is 1.06. The molecule has 14 heavy (non-hydrogen) atoms. The van der Waals surface area contributed by atoms with Crippen LogP contribution in [0.25, 0.3) is 10.9 Å². The largest absolute Gasteiger partial charge is 0.377 e. The summed E-state index contributed by atoms with van der Waals surface area (Å²) < 4.78 is 7.10. The number of rotatable bonds is 1. The quantitative estimate of drug-likeness (QED) is 0.719. The summed E-state index contributed by atoms with van der Waals surface area (Å²) in [5.41, 5.74) is 1.09. The zero-order chi connectivity index (χ0) is 9.54. The third-order valence-corrected chi connectivity index (χ3v) is 2.81. The van der Waals surface area contributed by atoms with Crippen molar-refractivity contribution in [3.8, 4) is 0 Å². The Kier molecular flexibility index (Phi) is 1.75. The summed E-state index contributed by atoms with van der Waals surface area (Å²) in [5.74, 6) is 0. The number of para-hydroxylation sites is 1. The Bertz CT molecular complexity index is 476. The van der Waals surface area contributed by atoms with Gasteiger partial charge in [0.1, 0.15) is 0 Å². The van der Waals surface area contributed by atoms with E-state index in [9.17, 15) is 0 Å². The van der Waals surface area contributed by atoms with E-state index in [1.54, 1.807) is 0 Å². The highest BCUT2D eigenvalue weighted by atomic mass is 35.5. The lowest BCUT2D eigenvalue weighted by atomic mass is 10.2. The van der Waals surface area contributed by atoms with Crippen molar-refractivity contribution in [2.45, 2.75) is 6.04 Å². The van der Waals surface area contributed by atoms with Crippen LogP contribution in [-0.2, 0) is 4.74 Å². The molecule has 0 aliphatic carbocycles. The highest BCUT2D eigenvalue weighted by Gasteiger charge is 2.23. The van der Waals surface area contributed by atoms with Crippen LogP contribution in [-0.4, -0.2) is 23.0 Å². The average Bonchev–Trinajstić information content (AvgIpc) is 2.43. The van der Waals surface area contributed by atoms with Gasteiger partial charge < -0.3 is 4.74 Å². The van der Waals surface area contributed by atoms with Crippen molar-refractivity contribution in [3.05, 3.63) is 29.4 Å². The van der Waals surface area contributed by atoms with Gasteiger partial charge in [0.25, 0.3) is 0 Å². The zero-order valence-corrected chi connectivity index (χ0v) is 8.24. The molecule has 3 rings (SSSR count). The normalized spacial score (nSPS) is 17.2.